The van der Waals surface area contributed by atoms with Crippen molar-refractivity contribution < 1.29 is 17.6 Å². The largest absolute Gasteiger partial charge is 0.332 e. The maximum atomic E-state index is 13.6. The van der Waals surface area contributed by atoms with E-state index in [2.05, 4.69) is 10.6 Å². The quantitative estimate of drug-likeness (QED) is 0.489. The number of hydrogen-bond acceptors (Lipinski definition) is 1. The van der Waals surface area contributed by atoms with Crippen LogP contribution in [0.5, 0.6) is 0 Å². The third-order valence-electron chi connectivity index (χ3n) is 3.00. The highest BCUT2D eigenvalue weighted by atomic mass is 32.1. The lowest BCUT2D eigenvalue weighted by Gasteiger charge is -2.14. The van der Waals surface area contributed by atoms with Crippen LogP contribution in [0.2, 0.25) is 0 Å². The average Bonchev–Trinajstić information content (AvgIpc) is 2.50. The summed E-state index contributed by atoms with van der Waals surface area (Å²) >= 11 is 4.93. The number of nitrogens with one attached hydrogen (secondary N) is 2. The smallest absolute Gasteiger partial charge is 0.185 e. The lowest BCUT2D eigenvalue weighted by Crippen LogP contribution is -2.22. The Morgan fingerprint density at radius 3 is 2.18 bits per heavy atom. The van der Waals surface area contributed by atoms with Crippen LogP contribution in [0.1, 0.15) is 12.5 Å². The van der Waals surface area contributed by atoms with Crippen molar-refractivity contribution in [2.75, 3.05) is 10.6 Å². The van der Waals surface area contributed by atoms with E-state index < -0.39 is 29.0 Å². The van der Waals surface area contributed by atoms with Gasteiger partial charge in [0.05, 0.1) is 0 Å². The lowest BCUT2D eigenvalue weighted by molar-refractivity contribution is 0.459. The Morgan fingerprint density at radius 1 is 1.00 bits per heavy atom. The van der Waals surface area contributed by atoms with Crippen molar-refractivity contribution in [2.24, 2.45) is 0 Å². The fraction of sp³-hybridized carbons (Fsp3) is 0.133. The standard InChI is InChI=1S/C15H12F4N2S/c1-2-8-5-3-4-6-11(8)20-15(22)21-14-12(18)9(16)7-10(17)13(14)19/h3-7H,2H2,1H3,(H2,20,21,22). The summed E-state index contributed by atoms with van der Waals surface area (Å²) in [6.45, 7) is 1.93. The van der Waals surface area contributed by atoms with E-state index in [-0.39, 0.29) is 11.2 Å². The second-order valence-corrected chi connectivity index (χ2v) is 4.84. The molecule has 2 aromatic rings. The molecule has 0 aliphatic heterocycles. The van der Waals surface area contributed by atoms with Gasteiger partial charge >= 0.3 is 0 Å². The molecule has 2 N–H and O–H groups in total. The van der Waals surface area contributed by atoms with Gasteiger partial charge in [-0.3, -0.25) is 0 Å². The maximum absolute atomic E-state index is 13.6. The van der Waals surface area contributed by atoms with Crippen molar-refractivity contribution in [2.45, 2.75) is 13.3 Å². The number of aryl methyl sites for hydroxylation is 1. The zero-order valence-electron chi connectivity index (χ0n) is 11.5. The van der Waals surface area contributed by atoms with Crippen LogP contribution in [-0.2, 0) is 6.42 Å². The first-order valence-corrected chi connectivity index (χ1v) is 6.83. The molecule has 0 fully saturated rings. The predicted octanol–water partition coefficient (Wildman–Crippen LogP) is 4.61. The minimum atomic E-state index is -1.54. The predicted molar refractivity (Wildman–Crippen MR) is 81.9 cm³/mol. The van der Waals surface area contributed by atoms with Gasteiger partial charge in [-0.05, 0) is 30.3 Å². The Labute approximate surface area is 130 Å². The molecule has 0 unspecified atom stereocenters. The topological polar surface area (TPSA) is 24.1 Å². The van der Waals surface area contributed by atoms with E-state index in [1.807, 2.05) is 19.1 Å². The lowest BCUT2D eigenvalue weighted by atomic mass is 10.1. The molecule has 22 heavy (non-hydrogen) atoms. The van der Waals surface area contributed by atoms with Gasteiger partial charge in [-0.25, -0.2) is 17.6 Å². The number of thiocarbonyl (C=S) groups is 1. The summed E-state index contributed by atoms with van der Waals surface area (Å²) in [5.41, 5.74) is 0.599. The van der Waals surface area contributed by atoms with Gasteiger partial charge in [-0.15, -0.1) is 0 Å². The minimum Gasteiger partial charge on any atom is -0.332 e. The van der Waals surface area contributed by atoms with Gasteiger partial charge < -0.3 is 10.6 Å². The number of rotatable bonds is 3. The van der Waals surface area contributed by atoms with E-state index in [0.717, 1.165) is 5.56 Å². The van der Waals surface area contributed by atoms with Crippen molar-refractivity contribution in [1.29, 1.82) is 0 Å². The first-order valence-electron chi connectivity index (χ1n) is 6.43. The van der Waals surface area contributed by atoms with Crippen LogP contribution >= 0.6 is 12.2 Å². The van der Waals surface area contributed by atoms with E-state index in [4.69, 9.17) is 12.2 Å². The average molecular weight is 328 g/mol. The van der Waals surface area contributed by atoms with Crippen LogP contribution in [0, 0.1) is 23.3 Å². The Kier molecular flexibility index (Phi) is 4.97. The maximum Gasteiger partial charge on any atom is 0.185 e. The van der Waals surface area contributed by atoms with Crippen molar-refractivity contribution in [3.63, 3.8) is 0 Å². The van der Waals surface area contributed by atoms with E-state index in [9.17, 15) is 17.6 Å². The molecule has 0 aliphatic carbocycles. The van der Waals surface area contributed by atoms with Crippen molar-refractivity contribution in [1.82, 2.24) is 0 Å². The van der Waals surface area contributed by atoms with Gasteiger partial charge in [0.2, 0.25) is 0 Å². The van der Waals surface area contributed by atoms with Crippen molar-refractivity contribution in [3.05, 3.63) is 59.2 Å². The highest BCUT2D eigenvalue weighted by molar-refractivity contribution is 7.80. The van der Waals surface area contributed by atoms with E-state index in [1.54, 1.807) is 12.1 Å². The Hall–Kier alpha value is -2.15. The molecule has 0 spiro atoms. The Balaban J connectivity index is 2.23. The second-order valence-electron chi connectivity index (χ2n) is 4.43. The van der Waals surface area contributed by atoms with Crippen molar-refractivity contribution >= 4 is 28.7 Å². The van der Waals surface area contributed by atoms with E-state index in [1.165, 1.54) is 0 Å². The SMILES string of the molecule is CCc1ccccc1NC(=S)Nc1c(F)c(F)cc(F)c1F. The Bertz CT molecular complexity index is 693. The molecule has 0 saturated carbocycles. The van der Waals surface area contributed by atoms with Crippen LogP contribution in [0.25, 0.3) is 0 Å². The third-order valence-corrected chi connectivity index (χ3v) is 3.20. The highest BCUT2D eigenvalue weighted by Gasteiger charge is 2.20. The van der Waals surface area contributed by atoms with Gasteiger partial charge in [0, 0.05) is 11.8 Å². The highest BCUT2D eigenvalue weighted by Crippen LogP contribution is 2.24. The molecular formula is C15H12F4N2S. The summed E-state index contributed by atoms with van der Waals surface area (Å²) in [5.74, 6) is -6.07. The summed E-state index contributed by atoms with van der Waals surface area (Å²) in [4.78, 5) is 0. The zero-order valence-corrected chi connectivity index (χ0v) is 12.3. The molecule has 0 amide bonds. The first-order chi connectivity index (χ1) is 10.4. The van der Waals surface area contributed by atoms with Gasteiger partial charge in [0.15, 0.2) is 28.4 Å². The number of halogens is 4. The third kappa shape index (κ3) is 3.36. The monoisotopic (exact) mass is 328 g/mol. The van der Waals surface area contributed by atoms with Crippen LogP contribution in [-0.4, -0.2) is 5.11 Å². The van der Waals surface area contributed by atoms with E-state index >= 15 is 0 Å². The van der Waals surface area contributed by atoms with Gasteiger partial charge in [0.25, 0.3) is 0 Å². The summed E-state index contributed by atoms with van der Waals surface area (Å²) in [6, 6.07) is 7.31. The molecule has 0 aliphatic rings. The number of para-hydroxylation sites is 1. The molecule has 0 atom stereocenters. The molecule has 2 nitrogen and oxygen atoms in total. The van der Waals surface area contributed by atoms with Gasteiger partial charge in [-0.1, -0.05) is 25.1 Å². The van der Waals surface area contributed by atoms with E-state index in [0.29, 0.717) is 12.1 Å². The summed E-state index contributed by atoms with van der Waals surface area (Å²) in [6.07, 6.45) is 0.711. The summed E-state index contributed by atoms with van der Waals surface area (Å²) < 4.78 is 53.4. The molecule has 0 bridgehead atoms. The number of hydrogen-bond donors (Lipinski definition) is 2. The van der Waals surface area contributed by atoms with Crippen LogP contribution < -0.4 is 10.6 Å². The summed E-state index contributed by atoms with van der Waals surface area (Å²) in [7, 11) is 0. The molecule has 0 saturated heterocycles. The van der Waals surface area contributed by atoms with Gasteiger partial charge in [0.1, 0.15) is 5.69 Å². The summed E-state index contributed by atoms with van der Waals surface area (Å²) in [5, 5.41) is 4.72. The fourth-order valence-electron chi connectivity index (χ4n) is 1.90. The number of anilines is 2. The molecule has 2 rings (SSSR count). The number of benzene rings is 2. The molecular weight excluding hydrogens is 316 g/mol. The van der Waals surface area contributed by atoms with Crippen LogP contribution in [0.3, 0.4) is 0 Å². The van der Waals surface area contributed by atoms with Crippen molar-refractivity contribution in [3.8, 4) is 0 Å². The molecule has 2 aromatic carbocycles. The molecule has 7 heteroatoms. The zero-order chi connectivity index (χ0) is 16.3. The van der Waals surface area contributed by atoms with Crippen LogP contribution in [0.4, 0.5) is 28.9 Å². The normalized spacial score (nSPS) is 10.4. The molecule has 0 heterocycles. The van der Waals surface area contributed by atoms with Gasteiger partial charge in [-0.2, -0.15) is 0 Å². The van der Waals surface area contributed by atoms with Crippen LogP contribution in [0.15, 0.2) is 30.3 Å². The Morgan fingerprint density at radius 2 is 1.59 bits per heavy atom. The minimum absolute atomic E-state index is 0.138. The molecule has 0 aromatic heterocycles. The molecule has 0 radical (unpaired) electrons. The second kappa shape index (κ2) is 6.74. The first kappa shape index (κ1) is 16.2. The molecule has 116 valence electrons. The fourth-order valence-corrected chi connectivity index (χ4v) is 2.11.